The van der Waals surface area contributed by atoms with Crippen LogP contribution in [0.1, 0.15) is 27.7 Å². The number of carbonyl (C=O) groups excluding carboxylic acids is 1. The van der Waals surface area contributed by atoms with E-state index in [-0.39, 0.29) is 17.1 Å². The highest BCUT2D eigenvalue weighted by Gasteiger charge is 2.42. The third-order valence-corrected chi connectivity index (χ3v) is 6.05. The summed E-state index contributed by atoms with van der Waals surface area (Å²) in [4.78, 5) is 31.0. The van der Waals surface area contributed by atoms with Crippen molar-refractivity contribution in [3.05, 3.63) is 75.6 Å². The van der Waals surface area contributed by atoms with Crippen molar-refractivity contribution < 1.29 is 18.7 Å². The average Bonchev–Trinajstić information content (AvgIpc) is 3.10. The van der Waals surface area contributed by atoms with Gasteiger partial charge in [-0.15, -0.1) is 0 Å². The van der Waals surface area contributed by atoms with Gasteiger partial charge in [0.1, 0.15) is 11.3 Å². The minimum absolute atomic E-state index is 0.126. The summed E-state index contributed by atoms with van der Waals surface area (Å²) in [5.41, 5.74) is 1.50. The number of hydrogen-bond donors (Lipinski definition) is 0. The molecule has 5 rings (SSSR count). The lowest BCUT2D eigenvalue weighted by molar-refractivity contribution is 0.0314. The van der Waals surface area contributed by atoms with Gasteiger partial charge < -0.3 is 18.8 Å². The monoisotopic (exact) mass is 420 g/mol. The molecule has 2 aromatic carbocycles. The van der Waals surface area contributed by atoms with Crippen LogP contribution in [0.25, 0.3) is 11.0 Å². The summed E-state index contributed by atoms with van der Waals surface area (Å²) < 4.78 is 16.7. The van der Waals surface area contributed by atoms with Crippen molar-refractivity contribution in [1.29, 1.82) is 0 Å². The lowest BCUT2D eigenvalue weighted by Crippen LogP contribution is -2.42. The van der Waals surface area contributed by atoms with Crippen molar-refractivity contribution in [2.24, 2.45) is 0 Å². The number of ether oxygens (including phenoxy) is 2. The second-order valence-electron chi connectivity index (χ2n) is 7.80. The van der Waals surface area contributed by atoms with Crippen molar-refractivity contribution in [2.75, 3.05) is 46.5 Å². The SMILES string of the molecule is COc1ccc2c(=O)c3c(oc2c1)C(=O)N(CCN1CCOCC1)C3c1ccccc1. The number of hydrogen-bond acceptors (Lipinski definition) is 6. The summed E-state index contributed by atoms with van der Waals surface area (Å²) in [5, 5.41) is 0.448. The van der Waals surface area contributed by atoms with Gasteiger partial charge in [-0.1, -0.05) is 30.3 Å². The minimum Gasteiger partial charge on any atom is -0.497 e. The lowest BCUT2D eigenvalue weighted by atomic mass is 9.98. The standard InChI is InChI=1S/C24H24N2O5/c1-29-17-7-8-18-19(15-17)31-23-20(22(18)27)21(16-5-3-2-4-6-16)26(24(23)28)10-9-25-11-13-30-14-12-25/h2-8,15,21H,9-14H2,1H3. The zero-order chi connectivity index (χ0) is 21.4. The van der Waals surface area contributed by atoms with Crippen LogP contribution in [-0.2, 0) is 4.74 Å². The van der Waals surface area contributed by atoms with Crippen molar-refractivity contribution >= 4 is 16.9 Å². The zero-order valence-corrected chi connectivity index (χ0v) is 17.4. The fraction of sp³-hybridized carbons (Fsp3) is 0.333. The van der Waals surface area contributed by atoms with Gasteiger partial charge in [-0.05, 0) is 17.7 Å². The number of methoxy groups -OCH3 is 1. The quantitative estimate of drug-likeness (QED) is 0.632. The van der Waals surface area contributed by atoms with E-state index in [1.165, 1.54) is 0 Å². The van der Waals surface area contributed by atoms with Gasteiger partial charge in [0.25, 0.3) is 5.91 Å². The van der Waals surface area contributed by atoms with Crippen LogP contribution in [0.15, 0.2) is 57.7 Å². The van der Waals surface area contributed by atoms with Crippen LogP contribution in [0.4, 0.5) is 0 Å². The Morgan fingerprint density at radius 1 is 1.03 bits per heavy atom. The fourth-order valence-electron chi connectivity index (χ4n) is 4.41. The first-order valence-corrected chi connectivity index (χ1v) is 10.5. The van der Waals surface area contributed by atoms with Gasteiger partial charge in [-0.25, -0.2) is 0 Å². The molecule has 7 heteroatoms. The van der Waals surface area contributed by atoms with Crippen molar-refractivity contribution in [1.82, 2.24) is 9.80 Å². The summed E-state index contributed by atoms with van der Waals surface area (Å²) in [6, 6.07) is 14.3. The molecular formula is C24H24N2O5. The molecule has 0 aliphatic carbocycles. The van der Waals surface area contributed by atoms with Gasteiger partial charge in [0, 0.05) is 32.2 Å². The molecule has 3 aromatic rings. The van der Waals surface area contributed by atoms with E-state index in [0.29, 0.717) is 48.6 Å². The van der Waals surface area contributed by atoms with E-state index < -0.39 is 6.04 Å². The summed E-state index contributed by atoms with van der Waals surface area (Å²) >= 11 is 0. The molecule has 2 aliphatic rings. The van der Waals surface area contributed by atoms with Crippen LogP contribution in [0.3, 0.4) is 0 Å². The van der Waals surface area contributed by atoms with Gasteiger partial charge >= 0.3 is 0 Å². The Balaban J connectivity index is 1.59. The molecular weight excluding hydrogens is 396 g/mol. The molecule has 1 saturated heterocycles. The normalized spacial score (nSPS) is 19.1. The van der Waals surface area contributed by atoms with Crippen LogP contribution in [-0.4, -0.2) is 62.2 Å². The summed E-state index contributed by atoms with van der Waals surface area (Å²) in [6.45, 7) is 4.29. The van der Waals surface area contributed by atoms with E-state index >= 15 is 0 Å². The highest BCUT2D eigenvalue weighted by atomic mass is 16.5. The van der Waals surface area contributed by atoms with E-state index in [0.717, 1.165) is 18.7 Å². The maximum atomic E-state index is 13.5. The molecule has 2 aliphatic heterocycles. The molecule has 0 saturated carbocycles. The molecule has 1 unspecified atom stereocenters. The Bertz CT molecular complexity index is 1170. The van der Waals surface area contributed by atoms with Crippen molar-refractivity contribution in [2.45, 2.75) is 6.04 Å². The Labute approximate surface area is 179 Å². The Hall–Kier alpha value is -3.16. The number of carbonyl (C=O) groups is 1. The minimum atomic E-state index is -0.465. The van der Waals surface area contributed by atoms with Gasteiger partial charge in [0.05, 0.1) is 37.3 Å². The van der Waals surface area contributed by atoms with Crippen LogP contribution >= 0.6 is 0 Å². The van der Waals surface area contributed by atoms with Gasteiger partial charge in [-0.2, -0.15) is 0 Å². The Kier molecular flexibility index (Phi) is 5.21. The summed E-state index contributed by atoms with van der Waals surface area (Å²) in [7, 11) is 1.55. The van der Waals surface area contributed by atoms with E-state index in [1.807, 2.05) is 30.3 Å². The first-order valence-electron chi connectivity index (χ1n) is 10.5. The predicted molar refractivity (Wildman–Crippen MR) is 116 cm³/mol. The first kappa shape index (κ1) is 19.8. The van der Waals surface area contributed by atoms with Crippen LogP contribution in [0.5, 0.6) is 5.75 Å². The van der Waals surface area contributed by atoms with Gasteiger partial charge in [0.15, 0.2) is 5.43 Å². The lowest BCUT2D eigenvalue weighted by Gasteiger charge is -2.31. The number of rotatable bonds is 5. The molecule has 1 fully saturated rings. The molecule has 0 radical (unpaired) electrons. The third-order valence-electron chi connectivity index (χ3n) is 6.05. The number of fused-ring (bicyclic) bond motifs is 2. The molecule has 1 aromatic heterocycles. The number of nitrogens with zero attached hydrogens (tertiary/aromatic N) is 2. The molecule has 1 amide bonds. The van der Waals surface area contributed by atoms with E-state index in [1.54, 1.807) is 30.2 Å². The largest absolute Gasteiger partial charge is 0.497 e. The fourth-order valence-corrected chi connectivity index (χ4v) is 4.41. The maximum absolute atomic E-state index is 13.5. The van der Waals surface area contributed by atoms with E-state index in [9.17, 15) is 9.59 Å². The summed E-state index contributed by atoms with van der Waals surface area (Å²) in [6.07, 6.45) is 0. The predicted octanol–water partition coefficient (Wildman–Crippen LogP) is 2.68. The van der Waals surface area contributed by atoms with E-state index in [4.69, 9.17) is 13.9 Å². The highest BCUT2D eigenvalue weighted by molar-refractivity contribution is 5.99. The smallest absolute Gasteiger partial charge is 0.290 e. The molecule has 3 heterocycles. The molecule has 0 N–H and O–H groups in total. The first-order chi connectivity index (χ1) is 15.2. The van der Waals surface area contributed by atoms with Crippen LogP contribution in [0.2, 0.25) is 0 Å². The van der Waals surface area contributed by atoms with Gasteiger partial charge in [-0.3, -0.25) is 14.5 Å². The molecule has 31 heavy (non-hydrogen) atoms. The second kappa shape index (κ2) is 8.17. The molecule has 7 nitrogen and oxygen atoms in total. The summed E-state index contributed by atoms with van der Waals surface area (Å²) in [5.74, 6) is 0.449. The Morgan fingerprint density at radius 2 is 1.81 bits per heavy atom. The third kappa shape index (κ3) is 3.49. The number of amides is 1. The average molecular weight is 420 g/mol. The van der Waals surface area contributed by atoms with Crippen molar-refractivity contribution in [3.8, 4) is 5.75 Å². The molecule has 0 bridgehead atoms. The number of morpholine rings is 1. The molecule has 1 atom stereocenters. The maximum Gasteiger partial charge on any atom is 0.290 e. The Morgan fingerprint density at radius 3 is 2.55 bits per heavy atom. The van der Waals surface area contributed by atoms with Crippen molar-refractivity contribution in [3.63, 3.8) is 0 Å². The van der Waals surface area contributed by atoms with Gasteiger partial charge in [0.2, 0.25) is 5.76 Å². The van der Waals surface area contributed by atoms with Crippen LogP contribution < -0.4 is 10.2 Å². The zero-order valence-electron chi connectivity index (χ0n) is 17.4. The van der Waals surface area contributed by atoms with Crippen LogP contribution in [0, 0.1) is 0 Å². The molecule has 160 valence electrons. The second-order valence-corrected chi connectivity index (χ2v) is 7.80. The highest BCUT2D eigenvalue weighted by Crippen LogP contribution is 2.38. The van der Waals surface area contributed by atoms with E-state index in [2.05, 4.69) is 4.90 Å². The topological polar surface area (TPSA) is 72.2 Å². The molecule has 0 spiro atoms. The number of benzene rings is 2.